The van der Waals surface area contributed by atoms with Gasteiger partial charge in [-0.2, -0.15) is 0 Å². The Kier molecular flexibility index (Phi) is 6.40. The first-order chi connectivity index (χ1) is 13.0. The number of aryl methyl sites for hydroxylation is 1. The van der Waals surface area contributed by atoms with E-state index in [1.807, 2.05) is 29.2 Å². The minimum Gasteiger partial charge on any atom is -0.368 e. The van der Waals surface area contributed by atoms with Crippen LogP contribution >= 0.6 is 11.6 Å². The van der Waals surface area contributed by atoms with Gasteiger partial charge < -0.3 is 15.1 Å². The van der Waals surface area contributed by atoms with E-state index in [1.165, 1.54) is 16.8 Å². The number of amides is 1. The number of nitrogens with zero attached hydrogens (tertiary/aromatic N) is 2. The third-order valence-electron chi connectivity index (χ3n) is 5.46. The Bertz CT molecular complexity index is 800. The van der Waals surface area contributed by atoms with Gasteiger partial charge in [-0.15, -0.1) is 0 Å². The molecule has 1 atom stereocenters. The molecule has 1 aliphatic rings. The Morgan fingerprint density at radius 1 is 1.11 bits per heavy atom. The molecular weight excluding hydrogens is 358 g/mol. The molecule has 1 aliphatic heterocycles. The van der Waals surface area contributed by atoms with Crippen molar-refractivity contribution in [3.63, 3.8) is 0 Å². The molecule has 0 spiro atoms. The smallest absolute Gasteiger partial charge is 0.236 e. The highest BCUT2D eigenvalue weighted by atomic mass is 35.5. The third kappa shape index (κ3) is 4.82. The summed E-state index contributed by atoms with van der Waals surface area (Å²) < 4.78 is 0. The number of piperazine rings is 1. The van der Waals surface area contributed by atoms with Crippen molar-refractivity contribution in [2.24, 2.45) is 0 Å². The molecule has 0 aromatic heterocycles. The van der Waals surface area contributed by atoms with Crippen LogP contribution in [0.25, 0.3) is 0 Å². The highest BCUT2D eigenvalue weighted by Gasteiger charge is 2.22. The summed E-state index contributed by atoms with van der Waals surface area (Å²) in [7, 11) is 0. The molecule has 4 nitrogen and oxygen atoms in total. The molecule has 1 N–H and O–H groups in total. The van der Waals surface area contributed by atoms with Gasteiger partial charge in [0.15, 0.2) is 0 Å². The van der Waals surface area contributed by atoms with Crippen molar-refractivity contribution in [3.05, 3.63) is 64.2 Å². The molecule has 2 aromatic rings. The summed E-state index contributed by atoms with van der Waals surface area (Å²) in [4.78, 5) is 16.9. The van der Waals surface area contributed by atoms with Crippen LogP contribution in [0.15, 0.2) is 42.5 Å². The van der Waals surface area contributed by atoms with E-state index in [4.69, 9.17) is 11.6 Å². The van der Waals surface area contributed by atoms with E-state index < -0.39 is 0 Å². The van der Waals surface area contributed by atoms with Gasteiger partial charge in [-0.3, -0.25) is 4.79 Å². The quantitative estimate of drug-likeness (QED) is 0.846. The Hall–Kier alpha value is -2.04. The summed E-state index contributed by atoms with van der Waals surface area (Å²) in [6.07, 6.45) is 0. The number of anilines is 1. The number of carbonyl (C=O) groups excluding carboxylic acids is 1. The number of benzene rings is 2. The van der Waals surface area contributed by atoms with Crippen molar-refractivity contribution < 1.29 is 4.79 Å². The zero-order chi connectivity index (χ0) is 19.4. The fourth-order valence-electron chi connectivity index (χ4n) is 3.52. The Labute approximate surface area is 167 Å². The number of hydrogen-bond donors (Lipinski definition) is 1. The fourth-order valence-corrected chi connectivity index (χ4v) is 3.72. The maximum atomic E-state index is 12.6. The summed E-state index contributed by atoms with van der Waals surface area (Å²) in [5.74, 6) is 0.157. The normalized spacial score (nSPS) is 15.7. The summed E-state index contributed by atoms with van der Waals surface area (Å²) in [5.41, 5.74) is 5.02. The van der Waals surface area contributed by atoms with Crippen molar-refractivity contribution in [3.8, 4) is 0 Å². The molecule has 0 bridgehead atoms. The van der Waals surface area contributed by atoms with E-state index in [0.717, 1.165) is 36.8 Å². The van der Waals surface area contributed by atoms with Crippen LogP contribution in [0.4, 0.5) is 5.69 Å². The molecule has 27 heavy (non-hydrogen) atoms. The van der Waals surface area contributed by atoms with Gasteiger partial charge in [-0.25, -0.2) is 0 Å². The van der Waals surface area contributed by atoms with Crippen molar-refractivity contribution in [1.82, 2.24) is 10.2 Å². The standard InChI is InChI=1S/C22H28ClN3O/c1-16-6-4-9-21(17(16)2)25-10-12-26(13-11-25)22(27)15-24-18(3)19-7-5-8-20(23)14-19/h4-9,14,18,24H,10-13,15H2,1-3H3/t18-/m0/s1. The van der Waals surface area contributed by atoms with Crippen molar-refractivity contribution in [1.29, 1.82) is 0 Å². The van der Waals surface area contributed by atoms with Crippen LogP contribution < -0.4 is 10.2 Å². The lowest BCUT2D eigenvalue weighted by molar-refractivity contribution is -0.130. The van der Waals surface area contributed by atoms with E-state index in [-0.39, 0.29) is 11.9 Å². The van der Waals surface area contributed by atoms with Crippen LogP contribution in [-0.2, 0) is 4.79 Å². The average molecular weight is 386 g/mol. The van der Waals surface area contributed by atoms with Gasteiger partial charge in [-0.1, -0.05) is 35.9 Å². The van der Waals surface area contributed by atoms with Crippen molar-refractivity contribution in [2.75, 3.05) is 37.6 Å². The molecule has 1 fully saturated rings. The molecule has 0 saturated carbocycles. The van der Waals surface area contributed by atoms with E-state index in [0.29, 0.717) is 6.54 Å². The molecule has 144 valence electrons. The van der Waals surface area contributed by atoms with Gasteiger partial charge in [0.1, 0.15) is 0 Å². The maximum Gasteiger partial charge on any atom is 0.236 e. The first-order valence-corrected chi connectivity index (χ1v) is 9.91. The topological polar surface area (TPSA) is 35.6 Å². The Morgan fingerprint density at radius 3 is 2.52 bits per heavy atom. The second kappa shape index (κ2) is 8.77. The lowest BCUT2D eigenvalue weighted by Crippen LogP contribution is -2.51. The fraction of sp³-hybridized carbons (Fsp3) is 0.409. The highest BCUT2D eigenvalue weighted by molar-refractivity contribution is 6.30. The third-order valence-corrected chi connectivity index (χ3v) is 5.69. The lowest BCUT2D eigenvalue weighted by atomic mass is 10.1. The molecule has 0 aliphatic carbocycles. The van der Waals surface area contributed by atoms with Crippen LogP contribution in [-0.4, -0.2) is 43.5 Å². The maximum absolute atomic E-state index is 12.6. The summed E-state index contributed by atoms with van der Waals surface area (Å²) in [6.45, 7) is 9.99. The number of hydrogen-bond acceptors (Lipinski definition) is 3. The van der Waals surface area contributed by atoms with Crippen LogP contribution in [0.1, 0.15) is 29.7 Å². The Morgan fingerprint density at radius 2 is 1.81 bits per heavy atom. The average Bonchev–Trinajstić information content (AvgIpc) is 2.68. The van der Waals surface area contributed by atoms with Crippen LogP contribution in [0.3, 0.4) is 0 Å². The minimum absolute atomic E-state index is 0.0869. The predicted molar refractivity (Wildman–Crippen MR) is 113 cm³/mol. The van der Waals surface area contributed by atoms with Crippen LogP contribution in [0.2, 0.25) is 5.02 Å². The molecule has 5 heteroatoms. The second-order valence-electron chi connectivity index (χ2n) is 7.24. The molecule has 0 unspecified atom stereocenters. The summed E-state index contributed by atoms with van der Waals surface area (Å²) in [6, 6.07) is 14.3. The number of rotatable bonds is 5. The number of nitrogens with one attached hydrogen (secondary N) is 1. The first-order valence-electron chi connectivity index (χ1n) is 9.53. The molecule has 1 heterocycles. The lowest BCUT2D eigenvalue weighted by Gasteiger charge is -2.37. The largest absolute Gasteiger partial charge is 0.368 e. The molecule has 0 radical (unpaired) electrons. The number of carbonyl (C=O) groups is 1. The summed E-state index contributed by atoms with van der Waals surface area (Å²) >= 11 is 6.05. The van der Waals surface area contributed by atoms with Gasteiger partial charge in [0.05, 0.1) is 6.54 Å². The van der Waals surface area contributed by atoms with Crippen LogP contribution in [0, 0.1) is 13.8 Å². The predicted octanol–water partition coefficient (Wildman–Crippen LogP) is 3.96. The zero-order valence-electron chi connectivity index (χ0n) is 16.3. The molecule has 3 rings (SSSR count). The highest BCUT2D eigenvalue weighted by Crippen LogP contribution is 2.24. The van der Waals surface area contributed by atoms with Gasteiger partial charge in [0, 0.05) is 42.9 Å². The van der Waals surface area contributed by atoms with Crippen molar-refractivity contribution in [2.45, 2.75) is 26.8 Å². The van der Waals surface area contributed by atoms with E-state index in [9.17, 15) is 4.79 Å². The number of halogens is 1. The molecule has 1 saturated heterocycles. The Balaban J connectivity index is 1.50. The molecular formula is C22H28ClN3O. The van der Waals surface area contributed by atoms with E-state index in [2.05, 4.69) is 49.2 Å². The zero-order valence-corrected chi connectivity index (χ0v) is 17.1. The van der Waals surface area contributed by atoms with Gasteiger partial charge in [-0.05, 0) is 55.7 Å². The SMILES string of the molecule is Cc1cccc(N2CCN(C(=O)CN[C@@H](C)c3cccc(Cl)c3)CC2)c1C. The van der Waals surface area contributed by atoms with E-state index >= 15 is 0 Å². The molecule has 2 aromatic carbocycles. The first kappa shape index (κ1) is 19.7. The van der Waals surface area contributed by atoms with E-state index in [1.54, 1.807) is 0 Å². The monoisotopic (exact) mass is 385 g/mol. The van der Waals surface area contributed by atoms with Gasteiger partial charge in [0.2, 0.25) is 5.91 Å². The van der Waals surface area contributed by atoms with Crippen molar-refractivity contribution >= 4 is 23.2 Å². The molecule has 1 amide bonds. The van der Waals surface area contributed by atoms with Crippen LogP contribution in [0.5, 0.6) is 0 Å². The second-order valence-corrected chi connectivity index (χ2v) is 7.68. The summed E-state index contributed by atoms with van der Waals surface area (Å²) in [5, 5.41) is 4.04. The van der Waals surface area contributed by atoms with Gasteiger partial charge in [0.25, 0.3) is 0 Å². The van der Waals surface area contributed by atoms with Gasteiger partial charge >= 0.3 is 0 Å². The minimum atomic E-state index is 0.0869.